The van der Waals surface area contributed by atoms with Crippen LogP contribution >= 0.6 is 0 Å². The van der Waals surface area contributed by atoms with E-state index in [1.807, 2.05) is 0 Å². The first-order chi connectivity index (χ1) is 28.5. The van der Waals surface area contributed by atoms with Crippen LogP contribution in [0.25, 0.3) is 66.8 Å². The van der Waals surface area contributed by atoms with Crippen molar-refractivity contribution >= 4 is 17.1 Å². The molecule has 1 heteroatoms. The molecule has 0 atom stereocenters. The van der Waals surface area contributed by atoms with Gasteiger partial charge in [0.25, 0.3) is 0 Å². The van der Waals surface area contributed by atoms with Gasteiger partial charge >= 0.3 is 0 Å². The second-order valence-electron chi connectivity index (χ2n) is 15.7. The highest BCUT2D eigenvalue weighted by atomic mass is 15.1. The Labute approximate surface area is 342 Å². The maximum Gasteiger partial charge on any atom is 0.0546 e. The number of hydrogen-bond donors (Lipinski definition) is 0. The van der Waals surface area contributed by atoms with Crippen molar-refractivity contribution in [2.75, 3.05) is 4.90 Å². The Morgan fingerprint density at radius 2 is 0.793 bits per heavy atom. The summed E-state index contributed by atoms with van der Waals surface area (Å²) in [5.74, 6) is 0. The Balaban J connectivity index is 1.17. The molecule has 9 aromatic rings. The third-order valence-electron chi connectivity index (χ3n) is 11.9. The maximum absolute atomic E-state index is 2.44. The smallest absolute Gasteiger partial charge is 0.0546 e. The van der Waals surface area contributed by atoms with E-state index >= 15 is 0 Å². The topological polar surface area (TPSA) is 3.24 Å². The van der Waals surface area contributed by atoms with Gasteiger partial charge in [0.1, 0.15) is 0 Å². The van der Waals surface area contributed by atoms with Crippen LogP contribution in [0.4, 0.5) is 17.1 Å². The molecule has 0 radical (unpaired) electrons. The molecule has 9 aromatic carbocycles. The van der Waals surface area contributed by atoms with E-state index in [2.05, 4.69) is 243 Å². The van der Waals surface area contributed by atoms with Gasteiger partial charge < -0.3 is 4.90 Å². The van der Waals surface area contributed by atoms with Gasteiger partial charge in [0.05, 0.1) is 5.69 Å². The lowest BCUT2D eigenvalue weighted by atomic mass is 9.81. The molecule has 276 valence electrons. The molecule has 1 nitrogen and oxygen atoms in total. The van der Waals surface area contributed by atoms with Crippen molar-refractivity contribution in [1.82, 2.24) is 0 Å². The molecule has 0 saturated heterocycles. The molecule has 58 heavy (non-hydrogen) atoms. The minimum absolute atomic E-state index is 0.1000. The summed E-state index contributed by atoms with van der Waals surface area (Å²) in [7, 11) is 0. The molecule has 0 spiro atoms. The summed E-state index contributed by atoms with van der Waals surface area (Å²) in [5, 5.41) is 0. The van der Waals surface area contributed by atoms with E-state index in [0.717, 1.165) is 17.1 Å². The van der Waals surface area contributed by atoms with Crippen molar-refractivity contribution in [2.45, 2.75) is 19.3 Å². The lowest BCUT2D eigenvalue weighted by molar-refractivity contribution is 0.660. The van der Waals surface area contributed by atoms with Crippen LogP contribution in [0.3, 0.4) is 0 Å². The van der Waals surface area contributed by atoms with Crippen LogP contribution in [0.5, 0.6) is 0 Å². The van der Waals surface area contributed by atoms with Gasteiger partial charge in [-0.05, 0) is 109 Å². The van der Waals surface area contributed by atoms with Gasteiger partial charge in [0.15, 0.2) is 0 Å². The highest BCUT2D eigenvalue weighted by molar-refractivity contribution is 5.98. The zero-order chi connectivity index (χ0) is 39.1. The molecule has 0 N–H and O–H groups in total. The van der Waals surface area contributed by atoms with E-state index in [9.17, 15) is 0 Å². The monoisotopic (exact) mass is 741 g/mol. The fraction of sp³-hybridized carbons (Fsp3) is 0.0526. The quantitative estimate of drug-likeness (QED) is 0.150. The lowest BCUT2D eigenvalue weighted by Gasteiger charge is -2.30. The molecule has 1 aliphatic rings. The van der Waals surface area contributed by atoms with Crippen LogP contribution in [0.15, 0.2) is 224 Å². The summed E-state index contributed by atoms with van der Waals surface area (Å²) in [6.07, 6.45) is 0. The molecule has 0 aromatic heterocycles. The molecular formula is C57H43N. The van der Waals surface area contributed by atoms with Crippen molar-refractivity contribution in [2.24, 2.45) is 0 Å². The number of fused-ring (bicyclic) bond motifs is 3. The first-order valence-electron chi connectivity index (χ1n) is 20.2. The molecule has 0 fully saturated rings. The summed E-state index contributed by atoms with van der Waals surface area (Å²) < 4.78 is 0. The zero-order valence-corrected chi connectivity index (χ0v) is 32.8. The number of rotatable bonds is 8. The van der Waals surface area contributed by atoms with E-state index in [-0.39, 0.29) is 5.41 Å². The minimum Gasteiger partial charge on any atom is -0.310 e. The van der Waals surface area contributed by atoms with Crippen molar-refractivity contribution in [3.63, 3.8) is 0 Å². The van der Waals surface area contributed by atoms with Crippen molar-refractivity contribution in [3.8, 4) is 66.8 Å². The molecule has 0 heterocycles. The van der Waals surface area contributed by atoms with Crippen molar-refractivity contribution in [1.29, 1.82) is 0 Å². The summed E-state index contributed by atoms with van der Waals surface area (Å²) in [4.78, 5) is 2.44. The summed E-state index contributed by atoms with van der Waals surface area (Å²) >= 11 is 0. The molecule has 1 aliphatic carbocycles. The van der Waals surface area contributed by atoms with Gasteiger partial charge in [0, 0.05) is 22.4 Å². The molecule has 0 amide bonds. The molecule has 0 aliphatic heterocycles. The van der Waals surface area contributed by atoms with Crippen molar-refractivity contribution < 1.29 is 0 Å². The minimum atomic E-state index is -0.1000. The average molecular weight is 742 g/mol. The van der Waals surface area contributed by atoms with Gasteiger partial charge in [-0.2, -0.15) is 0 Å². The Hall–Kier alpha value is -7.22. The molecule has 0 saturated carbocycles. The first kappa shape index (κ1) is 35.2. The number of nitrogens with zero attached hydrogens (tertiary/aromatic N) is 1. The second kappa shape index (κ2) is 14.7. The van der Waals surface area contributed by atoms with Gasteiger partial charge in [-0.15, -0.1) is 0 Å². The normalized spacial score (nSPS) is 12.4. The van der Waals surface area contributed by atoms with Crippen LogP contribution in [-0.4, -0.2) is 0 Å². The van der Waals surface area contributed by atoms with E-state index in [0.29, 0.717) is 0 Å². The van der Waals surface area contributed by atoms with E-state index in [4.69, 9.17) is 0 Å². The van der Waals surface area contributed by atoms with Crippen LogP contribution in [0.2, 0.25) is 0 Å². The van der Waals surface area contributed by atoms with E-state index in [1.165, 1.54) is 77.9 Å². The first-order valence-corrected chi connectivity index (χ1v) is 20.2. The summed E-state index contributed by atoms with van der Waals surface area (Å²) in [6, 6.07) is 81.8. The maximum atomic E-state index is 2.44. The van der Waals surface area contributed by atoms with E-state index < -0.39 is 0 Å². The molecule has 0 unspecified atom stereocenters. The Morgan fingerprint density at radius 3 is 1.48 bits per heavy atom. The van der Waals surface area contributed by atoms with Gasteiger partial charge in [-0.3, -0.25) is 0 Å². The largest absolute Gasteiger partial charge is 0.310 e. The number of anilines is 3. The number of benzene rings is 9. The second-order valence-corrected chi connectivity index (χ2v) is 15.7. The van der Waals surface area contributed by atoms with Crippen LogP contribution < -0.4 is 4.90 Å². The van der Waals surface area contributed by atoms with Crippen LogP contribution in [-0.2, 0) is 5.41 Å². The molecule has 10 rings (SSSR count). The van der Waals surface area contributed by atoms with Crippen LogP contribution in [0.1, 0.15) is 25.0 Å². The third-order valence-corrected chi connectivity index (χ3v) is 11.9. The van der Waals surface area contributed by atoms with Gasteiger partial charge in [-0.1, -0.05) is 202 Å². The molecular weight excluding hydrogens is 699 g/mol. The van der Waals surface area contributed by atoms with Gasteiger partial charge in [-0.25, -0.2) is 0 Å². The van der Waals surface area contributed by atoms with Gasteiger partial charge in [0.2, 0.25) is 0 Å². The van der Waals surface area contributed by atoms with Crippen molar-refractivity contribution in [3.05, 3.63) is 236 Å². The fourth-order valence-electron chi connectivity index (χ4n) is 9.02. The average Bonchev–Trinajstić information content (AvgIpc) is 3.53. The van der Waals surface area contributed by atoms with Crippen LogP contribution in [0, 0.1) is 0 Å². The predicted molar refractivity (Wildman–Crippen MR) is 246 cm³/mol. The molecule has 0 bridgehead atoms. The Bertz CT molecular complexity index is 2890. The summed E-state index contributed by atoms with van der Waals surface area (Å²) in [5.41, 5.74) is 20.6. The summed E-state index contributed by atoms with van der Waals surface area (Å²) in [6.45, 7) is 4.72. The predicted octanol–water partition coefficient (Wildman–Crippen LogP) is 15.8. The lowest BCUT2D eigenvalue weighted by Crippen LogP contribution is -2.15. The third kappa shape index (κ3) is 6.22. The highest BCUT2D eigenvalue weighted by Crippen LogP contribution is 2.51. The highest BCUT2D eigenvalue weighted by Gasteiger charge is 2.35. The SMILES string of the molecule is CC1(C)c2ccccc2-c2ccc(-c3cccc(N(c4ccc(-c5ccccc5-c5ccccc5)cc4)c4cccc(-c5ccccc5)c4)c3-c3ccccc3)cc21. The fourth-order valence-corrected chi connectivity index (χ4v) is 9.02. The Morgan fingerprint density at radius 1 is 0.293 bits per heavy atom. The zero-order valence-electron chi connectivity index (χ0n) is 32.8. The Kier molecular flexibility index (Phi) is 8.92. The standard InChI is InChI=1S/C57H43N/c1-57(2)53-30-15-14-28-51(53)52-37-34-45(39-54(52)57)50-29-17-31-55(56(50)43-22-10-5-11-23-43)58(47-25-16-24-44(38-47)40-18-6-3-7-19-40)46-35-32-42(33-36-46)49-27-13-12-26-48(49)41-20-8-4-9-21-41/h3-39H,1-2H3. The number of hydrogen-bond acceptors (Lipinski definition) is 1. The van der Waals surface area contributed by atoms with E-state index in [1.54, 1.807) is 0 Å².